The Bertz CT molecular complexity index is 1000. The van der Waals surface area contributed by atoms with Crippen LogP contribution in [0.25, 0.3) is 0 Å². The molecule has 0 fully saturated rings. The highest BCUT2D eigenvalue weighted by atomic mass is 19.3. The number of ketones is 1. The Labute approximate surface area is 168 Å². The van der Waals surface area contributed by atoms with Crippen LogP contribution in [-0.4, -0.2) is 41.3 Å². The number of aromatic nitrogens is 1. The summed E-state index contributed by atoms with van der Waals surface area (Å²) in [4.78, 5) is 37.1. The van der Waals surface area contributed by atoms with E-state index in [1.54, 1.807) is 5.32 Å². The van der Waals surface area contributed by atoms with Crippen LogP contribution in [0.1, 0.15) is 32.1 Å². The summed E-state index contributed by atoms with van der Waals surface area (Å²) in [5, 5.41) is 3.98. The number of rotatable bonds is 7. The molecule has 0 radical (unpaired) electrons. The molecule has 0 bridgehead atoms. The highest BCUT2D eigenvalue weighted by Crippen LogP contribution is 2.24. The van der Waals surface area contributed by atoms with Gasteiger partial charge in [0.15, 0.2) is 11.6 Å². The van der Waals surface area contributed by atoms with Crippen molar-refractivity contribution < 1.29 is 36.3 Å². The Morgan fingerprint density at radius 3 is 2.27 bits per heavy atom. The molecule has 0 aliphatic heterocycles. The summed E-state index contributed by atoms with van der Waals surface area (Å²) in [6, 6.07) is 0.575. The number of benzene rings is 1. The van der Waals surface area contributed by atoms with Crippen LogP contribution >= 0.6 is 0 Å². The van der Waals surface area contributed by atoms with Crippen molar-refractivity contribution in [1.82, 2.24) is 9.88 Å². The largest absolute Gasteiger partial charge is 0.344 e. The number of hydrogen-bond donors (Lipinski definition) is 2. The average molecular weight is 431 g/mol. The fourth-order valence-electron chi connectivity index (χ4n) is 2.91. The normalized spacial score (nSPS) is 12.0. The molecular weight excluding hydrogens is 413 g/mol. The van der Waals surface area contributed by atoms with Gasteiger partial charge in [0.1, 0.15) is 12.7 Å². The van der Waals surface area contributed by atoms with Crippen molar-refractivity contribution in [3.05, 3.63) is 52.3 Å². The van der Waals surface area contributed by atoms with E-state index in [2.05, 4.69) is 5.32 Å². The smallest absolute Gasteiger partial charge is 0.294 e. The highest BCUT2D eigenvalue weighted by molar-refractivity contribution is 6.43. The third kappa shape index (κ3) is 4.50. The second kappa shape index (κ2) is 9.06. The van der Waals surface area contributed by atoms with Crippen LogP contribution in [-0.2, 0) is 11.8 Å². The summed E-state index contributed by atoms with van der Waals surface area (Å²) in [5.41, 5.74) is -0.0137. The molecule has 162 valence electrons. The van der Waals surface area contributed by atoms with Gasteiger partial charge >= 0.3 is 0 Å². The molecule has 0 saturated heterocycles. The molecule has 0 saturated carbocycles. The fraction of sp³-hybridized carbons (Fsp3) is 0.316. The van der Waals surface area contributed by atoms with E-state index in [1.807, 2.05) is 0 Å². The van der Waals surface area contributed by atoms with Crippen molar-refractivity contribution in [1.29, 1.82) is 0 Å². The van der Waals surface area contributed by atoms with E-state index in [1.165, 1.54) is 25.5 Å². The van der Waals surface area contributed by atoms with Gasteiger partial charge in [-0.25, -0.2) is 22.0 Å². The minimum Gasteiger partial charge on any atom is -0.344 e. The minimum absolute atomic E-state index is 0.0192. The van der Waals surface area contributed by atoms with Crippen molar-refractivity contribution in [3.63, 3.8) is 0 Å². The Balaban J connectivity index is 2.33. The third-order valence-corrected chi connectivity index (χ3v) is 4.54. The Kier molecular flexibility index (Phi) is 6.96. The summed E-state index contributed by atoms with van der Waals surface area (Å²) < 4.78 is 65.5. The highest BCUT2D eigenvalue weighted by Gasteiger charge is 2.31. The lowest BCUT2D eigenvalue weighted by molar-refractivity contribution is -0.119. The first-order valence-electron chi connectivity index (χ1n) is 8.61. The molecule has 1 heterocycles. The zero-order valence-corrected chi connectivity index (χ0v) is 16.2. The number of alkyl halides is 3. The maximum atomic E-state index is 13.3. The molecule has 1 unspecified atom stereocenters. The lowest BCUT2D eigenvalue weighted by Crippen LogP contribution is -2.45. The molecule has 11 heteroatoms. The van der Waals surface area contributed by atoms with E-state index in [0.29, 0.717) is 0 Å². The Hall–Kier alpha value is -3.24. The Morgan fingerprint density at radius 1 is 1.10 bits per heavy atom. The maximum Gasteiger partial charge on any atom is 0.294 e. The molecule has 1 aromatic carbocycles. The molecule has 0 aliphatic carbocycles. The van der Waals surface area contributed by atoms with Gasteiger partial charge in [0.05, 0.1) is 11.3 Å². The number of hydrogen-bond acceptors (Lipinski definition) is 3. The monoisotopic (exact) mass is 431 g/mol. The van der Waals surface area contributed by atoms with E-state index >= 15 is 0 Å². The van der Waals surface area contributed by atoms with Crippen LogP contribution < -0.4 is 10.6 Å². The minimum atomic E-state index is -3.21. The third-order valence-electron chi connectivity index (χ3n) is 4.54. The quantitative estimate of drug-likeness (QED) is 0.402. The number of halogens is 5. The molecule has 6 nitrogen and oxygen atoms in total. The van der Waals surface area contributed by atoms with E-state index in [0.717, 1.165) is 18.2 Å². The van der Waals surface area contributed by atoms with Crippen LogP contribution in [0.15, 0.2) is 18.2 Å². The van der Waals surface area contributed by atoms with Crippen LogP contribution in [0.2, 0.25) is 0 Å². The first kappa shape index (κ1) is 23.0. The second-order valence-electron chi connectivity index (χ2n) is 6.47. The van der Waals surface area contributed by atoms with Crippen molar-refractivity contribution in [3.8, 4) is 0 Å². The van der Waals surface area contributed by atoms with Gasteiger partial charge in [0, 0.05) is 24.5 Å². The summed E-state index contributed by atoms with van der Waals surface area (Å²) in [6.07, 6.45) is -3.21. The summed E-state index contributed by atoms with van der Waals surface area (Å²) >= 11 is 0. The van der Waals surface area contributed by atoms with Crippen LogP contribution in [0.4, 0.5) is 27.6 Å². The van der Waals surface area contributed by atoms with Gasteiger partial charge in [0.25, 0.3) is 24.0 Å². The zero-order chi connectivity index (χ0) is 22.7. The van der Waals surface area contributed by atoms with E-state index in [-0.39, 0.29) is 28.2 Å². The summed E-state index contributed by atoms with van der Waals surface area (Å²) in [6.45, 7) is 1.25. The molecule has 0 spiro atoms. The number of Topliss-reactive ketones (excluding diaryl/α,β-unsaturated/α-hetero) is 1. The van der Waals surface area contributed by atoms with E-state index in [4.69, 9.17) is 0 Å². The van der Waals surface area contributed by atoms with Gasteiger partial charge < -0.3 is 15.2 Å². The van der Waals surface area contributed by atoms with Gasteiger partial charge in [0.2, 0.25) is 0 Å². The SMILES string of the molecule is Cc1c(C(=O)Nc2ccc(F)c(F)c2)c(C)n(C)c1C(=O)C(=O)NC(CF)C(F)F. The van der Waals surface area contributed by atoms with Crippen molar-refractivity contribution >= 4 is 23.3 Å². The second-order valence-corrected chi connectivity index (χ2v) is 6.47. The number of anilines is 1. The average Bonchev–Trinajstić information content (AvgIpc) is 2.90. The number of nitrogens with zero attached hydrogens (tertiary/aromatic N) is 1. The first-order chi connectivity index (χ1) is 14.0. The van der Waals surface area contributed by atoms with E-state index in [9.17, 15) is 36.3 Å². The standard InChI is InChI=1S/C19H18F5N3O3/c1-8-14(18(29)25-10-4-5-11(21)12(22)6-10)9(2)27(3)15(8)16(28)19(30)26-13(7-20)17(23)24/h4-6,13,17H,7H2,1-3H3,(H,25,29)(H,26,30). The van der Waals surface area contributed by atoms with Gasteiger partial charge in [-0.05, 0) is 31.5 Å². The molecule has 30 heavy (non-hydrogen) atoms. The zero-order valence-electron chi connectivity index (χ0n) is 16.2. The number of nitrogens with one attached hydrogen (secondary N) is 2. The van der Waals surface area contributed by atoms with Gasteiger partial charge in [-0.2, -0.15) is 0 Å². The van der Waals surface area contributed by atoms with Crippen LogP contribution in [0, 0.1) is 25.5 Å². The topological polar surface area (TPSA) is 80.2 Å². The number of carbonyl (C=O) groups excluding carboxylic acids is 3. The molecule has 2 rings (SSSR count). The lowest BCUT2D eigenvalue weighted by Gasteiger charge is -2.14. The van der Waals surface area contributed by atoms with Gasteiger partial charge in [-0.15, -0.1) is 0 Å². The number of amides is 2. The Morgan fingerprint density at radius 2 is 1.73 bits per heavy atom. The van der Waals surface area contributed by atoms with Crippen molar-refractivity contribution in [2.24, 2.45) is 7.05 Å². The van der Waals surface area contributed by atoms with Gasteiger partial charge in [-0.3, -0.25) is 14.4 Å². The summed E-state index contributed by atoms with van der Waals surface area (Å²) in [5.74, 6) is -5.73. The maximum absolute atomic E-state index is 13.3. The molecule has 0 aliphatic rings. The molecule has 1 atom stereocenters. The summed E-state index contributed by atoms with van der Waals surface area (Å²) in [7, 11) is 1.37. The van der Waals surface area contributed by atoms with Crippen molar-refractivity contribution in [2.75, 3.05) is 12.0 Å². The number of carbonyl (C=O) groups is 3. The van der Waals surface area contributed by atoms with Crippen molar-refractivity contribution in [2.45, 2.75) is 26.3 Å². The lowest BCUT2D eigenvalue weighted by atomic mass is 10.1. The predicted molar refractivity (Wildman–Crippen MR) is 97.4 cm³/mol. The first-order valence-corrected chi connectivity index (χ1v) is 8.61. The molecular formula is C19H18F5N3O3. The van der Waals surface area contributed by atoms with Crippen LogP contribution in [0.3, 0.4) is 0 Å². The van der Waals surface area contributed by atoms with Gasteiger partial charge in [-0.1, -0.05) is 0 Å². The molecule has 2 amide bonds. The molecule has 2 aromatic rings. The molecule has 2 N–H and O–H groups in total. The van der Waals surface area contributed by atoms with Crippen LogP contribution in [0.5, 0.6) is 0 Å². The van der Waals surface area contributed by atoms with E-state index < -0.39 is 48.4 Å². The fourth-order valence-corrected chi connectivity index (χ4v) is 2.91. The predicted octanol–water partition coefficient (Wildman–Crippen LogP) is 3.07. The molecule has 1 aromatic heterocycles.